The van der Waals surface area contributed by atoms with Gasteiger partial charge in [0.05, 0.1) is 12.1 Å². The number of halogens is 2. The van der Waals surface area contributed by atoms with Gasteiger partial charge in [-0.2, -0.15) is 8.78 Å². The van der Waals surface area contributed by atoms with Gasteiger partial charge in [0, 0.05) is 17.6 Å². The first-order chi connectivity index (χ1) is 13.7. The zero-order chi connectivity index (χ0) is 21.4. The summed E-state index contributed by atoms with van der Waals surface area (Å²) in [6.45, 7) is 1.18. The van der Waals surface area contributed by atoms with Gasteiger partial charge < -0.3 is 15.0 Å². The molecule has 6 nitrogen and oxygen atoms in total. The van der Waals surface area contributed by atoms with E-state index >= 15 is 0 Å². The minimum absolute atomic E-state index is 0.135. The largest absolute Gasteiger partial charge is 0.452 e. The second-order valence-corrected chi connectivity index (χ2v) is 7.21. The van der Waals surface area contributed by atoms with E-state index in [0.717, 1.165) is 10.5 Å². The SMILES string of the molecule is Cc1ccc(NC(=O)CN(C)C(=O)COC(=O)c2ccc(SC(F)F)cc2)cc1. The summed E-state index contributed by atoms with van der Waals surface area (Å²) in [4.78, 5) is 37.5. The first kappa shape index (κ1) is 22.4. The molecular formula is C20H20F2N2O4S. The Bertz CT molecular complexity index is 858. The van der Waals surface area contributed by atoms with Crippen LogP contribution in [0.2, 0.25) is 0 Å². The molecule has 2 rings (SSSR count). The summed E-state index contributed by atoms with van der Waals surface area (Å²) in [7, 11) is 1.42. The van der Waals surface area contributed by atoms with E-state index in [1.54, 1.807) is 12.1 Å². The van der Waals surface area contributed by atoms with Crippen molar-refractivity contribution in [2.24, 2.45) is 0 Å². The minimum atomic E-state index is -2.55. The molecule has 0 spiro atoms. The Labute approximate surface area is 171 Å². The third-order valence-corrected chi connectivity index (χ3v) is 4.51. The van der Waals surface area contributed by atoms with Crippen LogP contribution in [0.25, 0.3) is 0 Å². The van der Waals surface area contributed by atoms with E-state index in [9.17, 15) is 23.2 Å². The number of ether oxygens (including phenoxy) is 1. The molecule has 2 aromatic carbocycles. The molecule has 0 radical (unpaired) electrons. The summed E-state index contributed by atoms with van der Waals surface area (Å²) in [5.74, 6) is -4.25. The van der Waals surface area contributed by atoms with Crippen molar-refractivity contribution in [3.05, 3.63) is 59.7 Å². The molecule has 0 unspecified atom stereocenters. The lowest BCUT2D eigenvalue weighted by Gasteiger charge is -2.17. The number of nitrogens with one attached hydrogen (secondary N) is 1. The number of thioether (sulfide) groups is 1. The van der Waals surface area contributed by atoms with Crippen molar-refractivity contribution in [3.63, 3.8) is 0 Å². The van der Waals surface area contributed by atoms with Crippen LogP contribution in [0.4, 0.5) is 14.5 Å². The summed E-state index contributed by atoms with van der Waals surface area (Å²) in [5, 5.41) is 2.67. The van der Waals surface area contributed by atoms with Crippen LogP contribution in [0.1, 0.15) is 15.9 Å². The highest BCUT2D eigenvalue weighted by Gasteiger charge is 2.16. The Balaban J connectivity index is 1.79. The molecule has 9 heteroatoms. The fourth-order valence-electron chi connectivity index (χ4n) is 2.23. The summed E-state index contributed by atoms with van der Waals surface area (Å²) in [6.07, 6.45) is 0. The van der Waals surface area contributed by atoms with E-state index in [-0.39, 0.29) is 18.0 Å². The fraction of sp³-hybridized carbons (Fsp3) is 0.250. The molecule has 2 amide bonds. The van der Waals surface area contributed by atoms with Crippen LogP contribution in [0.3, 0.4) is 0 Å². The van der Waals surface area contributed by atoms with Crippen molar-refractivity contribution < 1.29 is 27.9 Å². The standard InChI is InChI=1S/C20H20F2N2O4S/c1-13-3-7-15(8-4-13)23-17(25)11-24(2)18(26)12-28-19(27)14-5-9-16(10-6-14)29-20(21)22/h3-10,20H,11-12H2,1-2H3,(H,23,25). The number of aryl methyl sites for hydroxylation is 1. The molecule has 0 fully saturated rings. The molecule has 154 valence electrons. The molecule has 0 saturated heterocycles. The van der Waals surface area contributed by atoms with Crippen molar-refractivity contribution in [2.45, 2.75) is 17.6 Å². The molecule has 0 aliphatic heterocycles. The molecule has 0 heterocycles. The molecular weight excluding hydrogens is 402 g/mol. The van der Waals surface area contributed by atoms with Crippen LogP contribution in [-0.2, 0) is 14.3 Å². The first-order valence-corrected chi connectivity index (χ1v) is 9.45. The number of esters is 1. The lowest BCUT2D eigenvalue weighted by atomic mass is 10.2. The van der Waals surface area contributed by atoms with E-state index < -0.39 is 24.2 Å². The summed E-state index contributed by atoms with van der Waals surface area (Å²) in [6, 6.07) is 12.6. The number of amides is 2. The second kappa shape index (κ2) is 10.6. The smallest absolute Gasteiger partial charge is 0.338 e. The zero-order valence-electron chi connectivity index (χ0n) is 15.9. The molecule has 2 aromatic rings. The average Bonchev–Trinajstić information content (AvgIpc) is 2.67. The third kappa shape index (κ3) is 7.53. The highest BCUT2D eigenvalue weighted by molar-refractivity contribution is 7.99. The molecule has 1 N–H and O–H groups in total. The minimum Gasteiger partial charge on any atom is -0.452 e. The molecule has 0 aliphatic carbocycles. The van der Waals surface area contributed by atoms with Crippen molar-refractivity contribution in [3.8, 4) is 0 Å². The van der Waals surface area contributed by atoms with Gasteiger partial charge in [-0.25, -0.2) is 4.79 Å². The van der Waals surface area contributed by atoms with Gasteiger partial charge in [0.25, 0.3) is 11.7 Å². The number of hydrogen-bond acceptors (Lipinski definition) is 5. The van der Waals surface area contributed by atoms with Gasteiger partial charge in [0.2, 0.25) is 5.91 Å². The Hall–Kier alpha value is -2.94. The average molecular weight is 422 g/mol. The quantitative estimate of drug-likeness (QED) is 0.520. The molecule has 0 bridgehead atoms. The van der Waals surface area contributed by atoms with Crippen LogP contribution in [0, 0.1) is 6.92 Å². The van der Waals surface area contributed by atoms with E-state index in [2.05, 4.69) is 5.32 Å². The molecule has 0 aromatic heterocycles. The fourth-order valence-corrected chi connectivity index (χ4v) is 2.73. The highest BCUT2D eigenvalue weighted by atomic mass is 32.2. The van der Waals surface area contributed by atoms with Crippen LogP contribution >= 0.6 is 11.8 Å². The summed E-state index contributed by atoms with van der Waals surface area (Å²) >= 11 is 0.364. The van der Waals surface area contributed by atoms with Crippen molar-refractivity contribution in [1.82, 2.24) is 4.90 Å². The van der Waals surface area contributed by atoms with E-state index in [1.807, 2.05) is 19.1 Å². The van der Waals surface area contributed by atoms with Gasteiger partial charge in [0.15, 0.2) is 6.61 Å². The van der Waals surface area contributed by atoms with Crippen molar-refractivity contribution in [1.29, 1.82) is 0 Å². The predicted octanol–water partition coefficient (Wildman–Crippen LogP) is 3.56. The maximum atomic E-state index is 12.3. The lowest BCUT2D eigenvalue weighted by Crippen LogP contribution is -2.37. The topological polar surface area (TPSA) is 75.7 Å². The number of hydrogen-bond donors (Lipinski definition) is 1. The zero-order valence-corrected chi connectivity index (χ0v) is 16.7. The number of rotatable bonds is 8. The normalized spacial score (nSPS) is 10.5. The Morgan fingerprint density at radius 3 is 2.28 bits per heavy atom. The van der Waals surface area contributed by atoms with Gasteiger partial charge in [-0.1, -0.05) is 29.5 Å². The molecule has 29 heavy (non-hydrogen) atoms. The Morgan fingerprint density at radius 1 is 1.07 bits per heavy atom. The Morgan fingerprint density at radius 2 is 1.69 bits per heavy atom. The van der Waals surface area contributed by atoms with Gasteiger partial charge in [-0.05, 0) is 43.3 Å². The number of benzene rings is 2. The number of likely N-dealkylation sites (N-methyl/N-ethyl adjacent to an activating group) is 1. The number of anilines is 1. The molecule has 0 saturated carbocycles. The van der Waals surface area contributed by atoms with Crippen molar-refractivity contribution >= 4 is 35.2 Å². The maximum absolute atomic E-state index is 12.3. The number of nitrogens with zero attached hydrogens (tertiary/aromatic N) is 1. The number of alkyl halides is 2. The predicted molar refractivity (Wildman–Crippen MR) is 106 cm³/mol. The van der Waals surface area contributed by atoms with E-state index in [0.29, 0.717) is 22.3 Å². The van der Waals surface area contributed by atoms with Crippen LogP contribution < -0.4 is 5.32 Å². The summed E-state index contributed by atoms with van der Waals surface area (Å²) in [5.41, 5.74) is 1.80. The third-order valence-electron chi connectivity index (χ3n) is 3.78. The van der Waals surface area contributed by atoms with Crippen molar-refractivity contribution in [2.75, 3.05) is 25.5 Å². The lowest BCUT2D eigenvalue weighted by molar-refractivity contribution is -0.136. The summed E-state index contributed by atoms with van der Waals surface area (Å²) < 4.78 is 29.5. The number of carbonyl (C=O) groups excluding carboxylic acids is 3. The van der Waals surface area contributed by atoms with Gasteiger partial charge in [0.1, 0.15) is 0 Å². The molecule has 0 atom stereocenters. The first-order valence-electron chi connectivity index (χ1n) is 8.57. The van der Waals surface area contributed by atoms with Crippen LogP contribution in [0.5, 0.6) is 0 Å². The second-order valence-electron chi connectivity index (χ2n) is 6.14. The van der Waals surface area contributed by atoms with E-state index in [4.69, 9.17) is 4.74 Å². The molecule has 0 aliphatic rings. The number of carbonyl (C=O) groups is 3. The van der Waals surface area contributed by atoms with Crippen LogP contribution in [0.15, 0.2) is 53.4 Å². The maximum Gasteiger partial charge on any atom is 0.338 e. The van der Waals surface area contributed by atoms with Crippen LogP contribution in [-0.4, -0.2) is 48.6 Å². The highest BCUT2D eigenvalue weighted by Crippen LogP contribution is 2.25. The monoisotopic (exact) mass is 422 g/mol. The van der Waals surface area contributed by atoms with Gasteiger partial charge in [-0.15, -0.1) is 0 Å². The Kier molecular flexibility index (Phi) is 8.14. The van der Waals surface area contributed by atoms with Gasteiger partial charge in [-0.3, -0.25) is 9.59 Å². The van der Waals surface area contributed by atoms with E-state index in [1.165, 1.54) is 31.3 Å². The van der Waals surface area contributed by atoms with Gasteiger partial charge >= 0.3 is 5.97 Å².